The Morgan fingerprint density at radius 2 is 1.92 bits per heavy atom. The van der Waals surface area contributed by atoms with Crippen molar-refractivity contribution in [3.63, 3.8) is 0 Å². The van der Waals surface area contributed by atoms with E-state index < -0.39 is 11.7 Å². The molecule has 0 aliphatic carbocycles. The molecule has 6 nitrogen and oxygen atoms in total. The monoisotopic (exact) mass is 357 g/mol. The molecule has 0 aliphatic rings. The van der Waals surface area contributed by atoms with Crippen LogP contribution >= 0.6 is 11.3 Å². The van der Waals surface area contributed by atoms with Gasteiger partial charge >= 0.3 is 6.09 Å². The van der Waals surface area contributed by atoms with E-state index in [1.54, 1.807) is 18.2 Å². The number of aromatic nitrogens is 1. The minimum Gasteiger partial charge on any atom is -0.444 e. The first-order chi connectivity index (χ1) is 11.7. The quantitative estimate of drug-likeness (QED) is 0.593. The fourth-order valence-corrected chi connectivity index (χ4v) is 3.40. The molecular formula is C18H19N3O3S. The second kappa shape index (κ2) is 6.25. The molecule has 0 spiro atoms. The first-order valence-corrected chi connectivity index (χ1v) is 8.60. The lowest BCUT2D eigenvalue weighted by Gasteiger charge is -2.19. The lowest BCUT2D eigenvalue weighted by molar-refractivity contribution is 0.0636. The number of carbonyl (C=O) groups is 1. The van der Waals surface area contributed by atoms with Gasteiger partial charge in [0.05, 0.1) is 0 Å². The number of hydrogen-bond donors (Lipinski definition) is 3. The highest BCUT2D eigenvalue weighted by Gasteiger charge is 2.16. The zero-order valence-electron chi connectivity index (χ0n) is 14.2. The molecule has 0 bridgehead atoms. The Balaban J connectivity index is 1.88. The maximum atomic E-state index is 11.8. The van der Waals surface area contributed by atoms with Gasteiger partial charge in [0.25, 0.3) is 0 Å². The maximum Gasteiger partial charge on any atom is 0.412 e. The van der Waals surface area contributed by atoms with Gasteiger partial charge in [0.2, 0.25) is 0 Å². The van der Waals surface area contributed by atoms with Gasteiger partial charge in [-0.3, -0.25) is 10.7 Å². The van der Waals surface area contributed by atoms with E-state index in [2.05, 4.69) is 5.32 Å². The molecule has 0 radical (unpaired) electrons. The van der Waals surface area contributed by atoms with Crippen LogP contribution in [0.2, 0.25) is 0 Å². The fourth-order valence-electron chi connectivity index (χ4n) is 2.43. The number of nitrogens with zero attached hydrogens (tertiary/aromatic N) is 1. The van der Waals surface area contributed by atoms with Crippen LogP contribution in [0.3, 0.4) is 0 Å². The molecule has 7 heteroatoms. The molecule has 1 amide bonds. The molecule has 0 unspecified atom stereocenters. The molecule has 0 saturated heterocycles. The number of nitrogens with one attached hydrogen (secondary N) is 2. The highest BCUT2D eigenvalue weighted by Crippen LogP contribution is 2.32. The van der Waals surface area contributed by atoms with Crippen LogP contribution in [0.1, 0.15) is 20.8 Å². The van der Waals surface area contributed by atoms with E-state index in [4.69, 9.17) is 10.1 Å². The van der Waals surface area contributed by atoms with Gasteiger partial charge in [0, 0.05) is 27.5 Å². The SMILES string of the molecule is CC(C)(C)OC(=O)Nc1ccc(-c2csc3ccn(O)c(=N)c23)cc1. The molecule has 130 valence electrons. The van der Waals surface area contributed by atoms with Gasteiger partial charge in [-0.2, -0.15) is 4.73 Å². The molecule has 2 aromatic heterocycles. The van der Waals surface area contributed by atoms with Gasteiger partial charge in [-0.25, -0.2) is 4.79 Å². The standard InChI is InChI=1S/C18H19N3O3S/c1-18(2,3)24-17(22)20-12-6-4-11(5-7-12)13-10-25-14-8-9-21(23)16(19)15(13)14/h4-10,19,23H,1-3H3,(H,20,22). The van der Waals surface area contributed by atoms with Gasteiger partial charge in [0.1, 0.15) is 5.60 Å². The first kappa shape index (κ1) is 17.0. The summed E-state index contributed by atoms with van der Waals surface area (Å²) in [5.41, 5.74) is 1.90. The number of rotatable bonds is 2. The third kappa shape index (κ3) is 3.66. The van der Waals surface area contributed by atoms with Gasteiger partial charge in [-0.1, -0.05) is 12.1 Å². The van der Waals surface area contributed by atoms with Crippen molar-refractivity contribution in [1.29, 1.82) is 5.41 Å². The number of pyridine rings is 1. The van der Waals surface area contributed by atoms with Crippen molar-refractivity contribution in [3.05, 3.63) is 47.4 Å². The minimum atomic E-state index is -0.552. The molecule has 3 N–H and O–H groups in total. The number of fused-ring (bicyclic) bond motifs is 1. The Kier molecular flexibility index (Phi) is 4.26. The predicted octanol–water partition coefficient (Wildman–Crippen LogP) is 4.43. The van der Waals surface area contributed by atoms with Crippen molar-refractivity contribution in [2.45, 2.75) is 26.4 Å². The second-order valence-corrected chi connectivity index (χ2v) is 7.51. The summed E-state index contributed by atoms with van der Waals surface area (Å²) >= 11 is 1.52. The van der Waals surface area contributed by atoms with E-state index in [9.17, 15) is 10.0 Å². The Bertz CT molecular complexity index is 981. The summed E-state index contributed by atoms with van der Waals surface area (Å²) in [7, 11) is 0. The lowest BCUT2D eigenvalue weighted by atomic mass is 10.1. The lowest BCUT2D eigenvalue weighted by Crippen LogP contribution is -2.27. The van der Waals surface area contributed by atoms with E-state index in [-0.39, 0.29) is 5.49 Å². The van der Waals surface area contributed by atoms with Crippen molar-refractivity contribution < 1.29 is 14.7 Å². The van der Waals surface area contributed by atoms with Crippen LogP contribution in [0.25, 0.3) is 21.2 Å². The van der Waals surface area contributed by atoms with Crippen LogP contribution in [0.5, 0.6) is 0 Å². The van der Waals surface area contributed by atoms with Crippen molar-refractivity contribution in [3.8, 4) is 11.1 Å². The summed E-state index contributed by atoms with van der Waals surface area (Å²) in [6.07, 6.45) is 0.953. The van der Waals surface area contributed by atoms with E-state index in [0.717, 1.165) is 20.6 Å². The number of hydrogen-bond acceptors (Lipinski definition) is 5. The molecule has 2 heterocycles. The van der Waals surface area contributed by atoms with Crippen LogP contribution in [-0.2, 0) is 4.74 Å². The maximum absolute atomic E-state index is 11.8. The van der Waals surface area contributed by atoms with Gasteiger partial charge in [0.15, 0.2) is 5.49 Å². The molecule has 0 atom stereocenters. The summed E-state index contributed by atoms with van der Waals surface area (Å²) < 4.78 is 6.96. The van der Waals surface area contributed by atoms with E-state index in [1.165, 1.54) is 17.5 Å². The van der Waals surface area contributed by atoms with Crippen molar-refractivity contribution in [2.75, 3.05) is 5.32 Å². The fraction of sp³-hybridized carbons (Fsp3) is 0.222. The van der Waals surface area contributed by atoms with Crippen LogP contribution in [0, 0.1) is 5.41 Å². The van der Waals surface area contributed by atoms with E-state index in [0.29, 0.717) is 11.1 Å². The van der Waals surface area contributed by atoms with E-state index in [1.807, 2.05) is 38.3 Å². The number of amides is 1. The molecule has 3 aromatic rings. The van der Waals surface area contributed by atoms with Crippen LogP contribution in [0.4, 0.5) is 10.5 Å². The highest BCUT2D eigenvalue weighted by atomic mass is 32.1. The number of ether oxygens (including phenoxy) is 1. The number of thiophene rings is 1. The normalized spacial score (nSPS) is 11.5. The van der Waals surface area contributed by atoms with Crippen molar-refractivity contribution >= 4 is 33.2 Å². The Morgan fingerprint density at radius 1 is 1.24 bits per heavy atom. The summed E-state index contributed by atoms with van der Waals surface area (Å²) in [6.45, 7) is 5.43. The Morgan fingerprint density at radius 3 is 2.56 bits per heavy atom. The Hall–Kier alpha value is -2.80. The zero-order valence-corrected chi connectivity index (χ0v) is 15.0. The van der Waals surface area contributed by atoms with Crippen LogP contribution in [-0.4, -0.2) is 21.6 Å². The number of anilines is 1. The van der Waals surface area contributed by atoms with Crippen LogP contribution < -0.4 is 10.8 Å². The molecular weight excluding hydrogens is 338 g/mol. The zero-order chi connectivity index (χ0) is 18.2. The van der Waals surface area contributed by atoms with Gasteiger partial charge in [-0.15, -0.1) is 11.3 Å². The van der Waals surface area contributed by atoms with Crippen molar-refractivity contribution in [1.82, 2.24) is 4.73 Å². The molecule has 0 fully saturated rings. The molecule has 1 aromatic carbocycles. The average molecular weight is 357 g/mol. The molecule has 25 heavy (non-hydrogen) atoms. The Labute approximate surface area is 148 Å². The molecule has 0 saturated carbocycles. The summed E-state index contributed by atoms with van der Waals surface area (Å²) in [5.74, 6) is 0. The molecule has 3 rings (SSSR count). The first-order valence-electron chi connectivity index (χ1n) is 7.72. The third-order valence-electron chi connectivity index (χ3n) is 3.49. The summed E-state index contributed by atoms with van der Waals surface area (Å²) in [6, 6.07) is 9.06. The summed E-state index contributed by atoms with van der Waals surface area (Å²) in [4.78, 5) is 11.8. The number of benzene rings is 1. The second-order valence-electron chi connectivity index (χ2n) is 6.60. The largest absolute Gasteiger partial charge is 0.444 e. The van der Waals surface area contributed by atoms with Crippen LogP contribution in [0.15, 0.2) is 41.9 Å². The van der Waals surface area contributed by atoms with E-state index >= 15 is 0 Å². The smallest absolute Gasteiger partial charge is 0.412 e. The minimum absolute atomic E-state index is 0.0460. The van der Waals surface area contributed by atoms with Crippen molar-refractivity contribution in [2.24, 2.45) is 0 Å². The predicted molar refractivity (Wildman–Crippen MR) is 98.1 cm³/mol. The highest BCUT2D eigenvalue weighted by molar-refractivity contribution is 7.17. The van der Waals surface area contributed by atoms with Gasteiger partial charge in [-0.05, 0) is 49.9 Å². The van der Waals surface area contributed by atoms with Gasteiger partial charge < -0.3 is 9.94 Å². The third-order valence-corrected chi connectivity index (χ3v) is 4.44. The molecule has 0 aliphatic heterocycles. The average Bonchev–Trinajstić information content (AvgIpc) is 2.94. The topological polar surface area (TPSA) is 87.3 Å². The number of carbonyl (C=O) groups excluding carboxylic acids is 1. The summed E-state index contributed by atoms with van der Waals surface area (Å²) in [5, 5.41) is 23.1.